The molecule has 18 heavy (non-hydrogen) atoms. The number of aliphatic hydroxyl groups excluding tert-OH is 1. The summed E-state index contributed by atoms with van der Waals surface area (Å²) in [4.78, 5) is 13.0. The third kappa shape index (κ3) is 5.80. The van der Waals surface area contributed by atoms with Crippen LogP contribution in [0.15, 0.2) is 30.3 Å². The van der Waals surface area contributed by atoms with Crippen LogP contribution in [0.5, 0.6) is 0 Å². The number of hydrogen-bond acceptors (Lipinski definition) is 4. The van der Waals surface area contributed by atoms with Crippen molar-refractivity contribution < 1.29 is 14.6 Å². The SMILES string of the molecule is COC(=O)CCC(O)CN(C)Cc1ccccc1. The highest BCUT2D eigenvalue weighted by Crippen LogP contribution is 2.05. The molecule has 4 nitrogen and oxygen atoms in total. The normalized spacial score (nSPS) is 12.4. The molecule has 4 heteroatoms. The van der Waals surface area contributed by atoms with Gasteiger partial charge < -0.3 is 9.84 Å². The van der Waals surface area contributed by atoms with Crippen LogP contribution in [0.2, 0.25) is 0 Å². The molecule has 0 spiro atoms. The fourth-order valence-electron chi connectivity index (χ4n) is 1.80. The minimum Gasteiger partial charge on any atom is -0.469 e. The van der Waals surface area contributed by atoms with Crippen LogP contribution in [-0.2, 0) is 16.1 Å². The molecular weight excluding hydrogens is 230 g/mol. The summed E-state index contributed by atoms with van der Waals surface area (Å²) in [5, 5.41) is 9.79. The predicted molar refractivity (Wildman–Crippen MR) is 70.0 cm³/mol. The molecule has 0 aromatic heterocycles. The summed E-state index contributed by atoms with van der Waals surface area (Å²) in [7, 11) is 3.31. The van der Waals surface area contributed by atoms with Gasteiger partial charge in [-0.1, -0.05) is 30.3 Å². The van der Waals surface area contributed by atoms with Gasteiger partial charge in [0, 0.05) is 19.5 Å². The van der Waals surface area contributed by atoms with Crippen LogP contribution in [-0.4, -0.2) is 42.8 Å². The molecule has 0 fully saturated rings. The highest BCUT2D eigenvalue weighted by Gasteiger charge is 2.11. The van der Waals surface area contributed by atoms with Gasteiger partial charge in [0.05, 0.1) is 13.2 Å². The molecule has 1 atom stereocenters. The molecule has 0 aliphatic carbocycles. The maximum atomic E-state index is 10.9. The molecule has 1 N–H and O–H groups in total. The molecule has 0 amide bonds. The largest absolute Gasteiger partial charge is 0.469 e. The van der Waals surface area contributed by atoms with E-state index in [1.54, 1.807) is 0 Å². The summed E-state index contributed by atoms with van der Waals surface area (Å²) >= 11 is 0. The van der Waals surface area contributed by atoms with Crippen LogP contribution in [0.25, 0.3) is 0 Å². The van der Waals surface area contributed by atoms with Crippen molar-refractivity contribution in [2.75, 3.05) is 20.7 Å². The number of aliphatic hydroxyl groups is 1. The molecule has 0 radical (unpaired) electrons. The van der Waals surface area contributed by atoms with Crippen molar-refractivity contribution in [3.05, 3.63) is 35.9 Å². The first-order valence-corrected chi connectivity index (χ1v) is 6.09. The number of esters is 1. The number of ether oxygens (including phenoxy) is 1. The summed E-state index contributed by atoms with van der Waals surface area (Å²) in [5.74, 6) is -0.278. The lowest BCUT2D eigenvalue weighted by Gasteiger charge is -2.20. The van der Waals surface area contributed by atoms with Gasteiger partial charge in [-0.2, -0.15) is 0 Å². The predicted octanol–water partition coefficient (Wildman–Crippen LogP) is 1.43. The Kier molecular flexibility index (Phi) is 6.39. The summed E-state index contributed by atoms with van der Waals surface area (Å²) in [6, 6.07) is 10.1. The van der Waals surface area contributed by atoms with Gasteiger partial charge in [0.2, 0.25) is 0 Å². The van der Waals surface area contributed by atoms with Crippen molar-refractivity contribution in [2.45, 2.75) is 25.5 Å². The fourth-order valence-corrected chi connectivity index (χ4v) is 1.80. The molecule has 0 bridgehead atoms. The molecule has 0 aliphatic heterocycles. The highest BCUT2D eigenvalue weighted by molar-refractivity contribution is 5.69. The topological polar surface area (TPSA) is 49.8 Å². The van der Waals surface area contributed by atoms with Gasteiger partial charge in [-0.05, 0) is 19.0 Å². The molecule has 0 heterocycles. The number of hydrogen-bond donors (Lipinski definition) is 1. The van der Waals surface area contributed by atoms with E-state index >= 15 is 0 Å². The third-order valence-corrected chi connectivity index (χ3v) is 2.73. The molecule has 0 saturated heterocycles. The smallest absolute Gasteiger partial charge is 0.305 e. The quantitative estimate of drug-likeness (QED) is 0.745. The van der Waals surface area contributed by atoms with Crippen LogP contribution in [0, 0.1) is 0 Å². The van der Waals surface area contributed by atoms with Gasteiger partial charge in [-0.15, -0.1) is 0 Å². The Bertz CT molecular complexity index is 353. The summed E-state index contributed by atoms with van der Waals surface area (Å²) in [6.07, 6.45) is 0.195. The average Bonchev–Trinajstić information content (AvgIpc) is 2.37. The fraction of sp³-hybridized carbons (Fsp3) is 0.500. The highest BCUT2D eigenvalue weighted by atomic mass is 16.5. The second-order valence-electron chi connectivity index (χ2n) is 4.45. The number of rotatable bonds is 7. The van der Waals surface area contributed by atoms with Crippen molar-refractivity contribution in [1.82, 2.24) is 4.90 Å². The molecule has 100 valence electrons. The number of carbonyl (C=O) groups is 1. The van der Waals surface area contributed by atoms with Crippen LogP contribution in [0.1, 0.15) is 18.4 Å². The van der Waals surface area contributed by atoms with E-state index in [2.05, 4.69) is 16.9 Å². The number of nitrogens with zero attached hydrogens (tertiary/aromatic N) is 1. The van der Waals surface area contributed by atoms with Gasteiger partial charge in [0.25, 0.3) is 0 Å². The van der Waals surface area contributed by atoms with Gasteiger partial charge in [0.1, 0.15) is 0 Å². The summed E-state index contributed by atoms with van der Waals surface area (Å²) < 4.78 is 4.54. The van der Waals surface area contributed by atoms with Gasteiger partial charge in [-0.3, -0.25) is 9.69 Å². The van der Waals surface area contributed by atoms with E-state index in [-0.39, 0.29) is 12.4 Å². The van der Waals surface area contributed by atoms with Gasteiger partial charge in [-0.25, -0.2) is 0 Å². The van der Waals surface area contributed by atoms with Crippen molar-refractivity contribution in [2.24, 2.45) is 0 Å². The van der Waals surface area contributed by atoms with E-state index in [9.17, 15) is 9.90 Å². The lowest BCUT2D eigenvalue weighted by Crippen LogP contribution is -2.29. The first-order valence-electron chi connectivity index (χ1n) is 6.09. The minimum absolute atomic E-state index is 0.261. The zero-order valence-electron chi connectivity index (χ0n) is 11.0. The Balaban J connectivity index is 2.27. The maximum Gasteiger partial charge on any atom is 0.305 e. The van der Waals surface area contributed by atoms with E-state index < -0.39 is 6.10 Å². The van der Waals surface area contributed by atoms with E-state index in [4.69, 9.17) is 0 Å². The van der Waals surface area contributed by atoms with Crippen molar-refractivity contribution >= 4 is 5.97 Å². The van der Waals surface area contributed by atoms with E-state index in [0.29, 0.717) is 13.0 Å². The second kappa shape index (κ2) is 7.84. The lowest BCUT2D eigenvalue weighted by molar-refractivity contribution is -0.141. The minimum atomic E-state index is -0.502. The summed E-state index contributed by atoms with van der Waals surface area (Å²) in [5.41, 5.74) is 1.21. The first-order chi connectivity index (χ1) is 8.61. The number of carbonyl (C=O) groups excluding carboxylic acids is 1. The molecule has 1 aromatic carbocycles. The standard InChI is InChI=1S/C14H21NO3/c1-15(10-12-6-4-3-5-7-12)11-13(16)8-9-14(17)18-2/h3-7,13,16H,8-11H2,1-2H3. The Labute approximate surface area is 108 Å². The monoisotopic (exact) mass is 251 g/mol. The zero-order valence-corrected chi connectivity index (χ0v) is 11.0. The number of likely N-dealkylation sites (N-methyl/N-ethyl adjacent to an activating group) is 1. The zero-order chi connectivity index (χ0) is 13.4. The average molecular weight is 251 g/mol. The third-order valence-electron chi connectivity index (χ3n) is 2.73. The van der Waals surface area contributed by atoms with Crippen LogP contribution in [0.3, 0.4) is 0 Å². The molecule has 1 unspecified atom stereocenters. The Morgan fingerprint density at radius 1 is 1.39 bits per heavy atom. The molecule has 1 rings (SSSR count). The second-order valence-corrected chi connectivity index (χ2v) is 4.45. The Hall–Kier alpha value is -1.39. The number of benzene rings is 1. The van der Waals surface area contributed by atoms with E-state index in [1.807, 2.05) is 30.1 Å². The van der Waals surface area contributed by atoms with Crippen LogP contribution >= 0.6 is 0 Å². The van der Waals surface area contributed by atoms with Crippen molar-refractivity contribution in [3.63, 3.8) is 0 Å². The van der Waals surface area contributed by atoms with E-state index in [1.165, 1.54) is 12.7 Å². The lowest BCUT2D eigenvalue weighted by atomic mass is 10.1. The Morgan fingerprint density at radius 3 is 2.67 bits per heavy atom. The van der Waals surface area contributed by atoms with Crippen LogP contribution in [0.4, 0.5) is 0 Å². The first kappa shape index (κ1) is 14.7. The van der Waals surface area contributed by atoms with Gasteiger partial charge >= 0.3 is 5.97 Å². The van der Waals surface area contributed by atoms with Gasteiger partial charge in [0.15, 0.2) is 0 Å². The summed E-state index contributed by atoms with van der Waals surface area (Å²) in [6.45, 7) is 1.34. The van der Waals surface area contributed by atoms with Crippen LogP contribution < -0.4 is 0 Å². The Morgan fingerprint density at radius 2 is 2.06 bits per heavy atom. The molecule has 0 saturated carbocycles. The van der Waals surface area contributed by atoms with E-state index in [0.717, 1.165) is 6.54 Å². The molecule has 1 aromatic rings. The van der Waals surface area contributed by atoms with Crippen molar-refractivity contribution in [1.29, 1.82) is 0 Å². The molecule has 0 aliphatic rings. The number of methoxy groups -OCH3 is 1. The maximum absolute atomic E-state index is 10.9. The molecular formula is C14H21NO3. The van der Waals surface area contributed by atoms with Crippen molar-refractivity contribution in [3.8, 4) is 0 Å².